The second-order valence-electron chi connectivity index (χ2n) is 7.07. The Morgan fingerprint density at radius 1 is 0.793 bits per heavy atom. The first-order valence-corrected chi connectivity index (χ1v) is 9.75. The molecule has 0 radical (unpaired) electrons. The van der Waals surface area contributed by atoms with E-state index in [2.05, 4.69) is 47.8 Å². The molecule has 0 aliphatic heterocycles. The van der Waals surface area contributed by atoms with Crippen LogP contribution in [0.15, 0.2) is 97.1 Å². The fraction of sp³-hybridized carbons (Fsp3) is 0.115. The van der Waals surface area contributed by atoms with Gasteiger partial charge in [-0.1, -0.05) is 84.9 Å². The van der Waals surface area contributed by atoms with Crippen molar-refractivity contribution in [2.45, 2.75) is 13.0 Å². The van der Waals surface area contributed by atoms with Gasteiger partial charge >= 0.3 is 0 Å². The molecular weight excluding hydrogens is 358 g/mol. The maximum absolute atomic E-state index is 12.3. The van der Waals surface area contributed by atoms with E-state index < -0.39 is 0 Å². The molecule has 0 aromatic heterocycles. The summed E-state index contributed by atoms with van der Waals surface area (Å²) in [6.45, 7) is 1.97. The quantitative estimate of drug-likeness (QED) is 0.461. The molecule has 0 fully saturated rings. The van der Waals surface area contributed by atoms with E-state index >= 15 is 0 Å². The van der Waals surface area contributed by atoms with Gasteiger partial charge in [0.15, 0.2) is 6.61 Å². The highest BCUT2D eigenvalue weighted by Crippen LogP contribution is 2.22. The molecule has 0 aliphatic rings. The van der Waals surface area contributed by atoms with Crippen LogP contribution >= 0.6 is 0 Å². The van der Waals surface area contributed by atoms with Crippen molar-refractivity contribution in [1.82, 2.24) is 5.32 Å². The number of ether oxygens (including phenoxy) is 1. The van der Waals surface area contributed by atoms with E-state index in [0.29, 0.717) is 5.75 Å². The lowest BCUT2D eigenvalue weighted by atomic mass is 10.0. The van der Waals surface area contributed by atoms with Crippen molar-refractivity contribution in [1.29, 1.82) is 0 Å². The summed E-state index contributed by atoms with van der Waals surface area (Å²) in [6, 6.07) is 32.3. The van der Waals surface area contributed by atoms with Crippen molar-refractivity contribution < 1.29 is 9.53 Å². The molecule has 0 saturated carbocycles. The molecule has 1 amide bonds. The van der Waals surface area contributed by atoms with Gasteiger partial charge in [0.05, 0.1) is 6.04 Å². The standard InChI is InChI=1S/C26H23NO2/c1-19(20-11-13-23(14-12-20)21-7-3-2-4-8-21)27-26(28)18-29-25-16-15-22-9-5-6-10-24(22)17-25/h2-17,19H,18H2,1H3,(H,27,28)/t19-/m1/s1. The zero-order valence-electron chi connectivity index (χ0n) is 16.3. The van der Waals surface area contributed by atoms with E-state index in [9.17, 15) is 4.79 Å². The molecule has 3 heteroatoms. The zero-order valence-corrected chi connectivity index (χ0v) is 16.3. The van der Waals surface area contributed by atoms with Crippen LogP contribution in [0, 0.1) is 0 Å². The number of nitrogens with one attached hydrogen (secondary N) is 1. The van der Waals surface area contributed by atoms with Gasteiger partial charge in [-0.25, -0.2) is 0 Å². The summed E-state index contributed by atoms with van der Waals surface area (Å²) in [5, 5.41) is 5.24. The molecule has 0 unspecified atom stereocenters. The molecule has 4 rings (SSSR count). The molecule has 0 aliphatic carbocycles. The third kappa shape index (κ3) is 4.64. The van der Waals surface area contributed by atoms with Crippen molar-refractivity contribution in [2.24, 2.45) is 0 Å². The monoisotopic (exact) mass is 381 g/mol. The van der Waals surface area contributed by atoms with E-state index in [1.807, 2.05) is 61.5 Å². The van der Waals surface area contributed by atoms with E-state index in [-0.39, 0.29) is 18.6 Å². The number of carbonyl (C=O) groups excluding carboxylic acids is 1. The molecule has 0 heterocycles. The van der Waals surface area contributed by atoms with Gasteiger partial charge in [-0.2, -0.15) is 0 Å². The second kappa shape index (κ2) is 8.61. The third-order valence-electron chi connectivity index (χ3n) is 4.99. The SMILES string of the molecule is C[C@@H](NC(=O)COc1ccc2ccccc2c1)c1ccc(-c2ccccc2)cc1. The van der Waals surface area contributed by atoms with E-state index in [1.54, 1.807) is 0 Å². The maximum Gasteiger partial charge on any atom is 0.258 e. The Balaban J connectivity index is 1.34. The number of hydrogen-bond acceptors (Lipinski definition) is 2. The van der Waals surface area contributed by atoms with Crippen LogP contribution < -0.4 is 10.1 Å². The Kier molecular flexibility index (Phi) is 5.57. The summed E-state index contributed by atoms with van der Waals surface area (Å²) >= 11 is 0. The Labute approximate surface area is 171 Å². The van der Waals surface area contributed by atoms with Gasteiger partial charge < -0.3 is 10.1 Å². The van der Waals surface area contributed by atoms with Crippen LogP contribution in [0.2, 0.25) is 0 Å². The maximum atomic E-state index is 12.3. The first kappa shape index (κ1) is 18.8. The summed E-state index contributed by atoms with van der Waals surface area (Å²) < 4.78 is 5.68. The van der Waals surface area contributed by atoms with Crippen molar-refractivity contribution in [2.75, 3.05) is 6.61 Å². The van der Waals surface area contributed by atoms with Gasteiger partial charge in [0, 0.05) is 0 Å². The summed E-state index contributed by atoms with van der Waals surface area (Å²) in [4.78, 5) is 12.3. The first-order chi connectivity index (χ1) is 14.2. The number of fused-ring (bicyclic) bond motifs is 1. The Morgan fingerprint density at radius 2 is 1.45 bits per heavy atom. The van der Waals surface area contributed by atoms with Gasteiger partial charge in [-0.3, -0.25) is 4.79 Å². The molecule has 0 spiro atoms. The summed E-state index contributed by atoms with van der Waals surface area (Å²) in [6.07, 6.45) is 0. The minimum atomic E-state index is -0.141. The topological polar surface area (TPSA) is 38.3 Å². The van der Waals surface area contributed by atoms with Crippen LogP contribution in [-0.2, 0) is 4.79 Å². The molecule has 0 saturated heterocycles. The van der Waals surface area contributed by atoms with Crippen molar-refractivity contribution in [3.8, 4) is 16.9 Å². The highest BCUT2D eigenvalue weighted by molar-refractivity contribution is 5.84. The van der Waals surface area contributed by atoms with Gasteiger partial charge in [-0.15, -0.1) is 0 Å². The average Bonchev–Trinajstić information content (AvgIpc) is 2.78. The van der Waals surface area contributed by atoms with Crippen LogP contribution in [0.5, 0.6) is 5.75 Å². The van der Waals surface area contributed by atoms with Crippen LogP contribution in [-0.4, -0.2) is 12.5 Å². The normalized spacial score (nSPS) is 11.8. The number of benzene rings is 4. The summed E-state index contributed by atoms with van der Waals surface area (Å²) in [5.41, 5.74) is 3.40. The number of rotatable bonds is 6. The predicted molar refractivity (Wildman–Crippen MR) is 118 cm³/mol. The Morgan fingerprint density at radius 3 is 2.21 bits per heavy atom. The van der Waals surface area contributed by atoms with Crippen molar-refractivity contribution >= 4 is 16.7 Å². The van der Waals surface area contributed by atoms with Crippen LogP contribution in [0.4, 0.5) is 0 Å². The molecule has 144 valence electrons. The molecule has 4 aromatic carbocycles. The minimum Gasteiger partial charge on any atom is -0.484 e. The highest BCUT2D eigenvalue weighted by Gasteiger charge is 2.11. The predicted octanol–water partition coefficient (Wildman–Crippen LogP) is 5.76. The number of carbonyl (C=O) groups is 1. The fourth-order valence-corrected chi connectivity index (χ4v) is 3.37. The molecule has 4 aromatic rings. The van der Waals surface area contributed by atoms with E-state index in [1.165, 1.54) is 5.56 Å². The molecule has 29 heavy (non-hydrogen) atoms. The third-order valence-corrected chi connectivity index (χ3v) is 4.99. The summed E-state index contributed by atoms with van der Waals surface area (Å²) in [7, 11) is 0. The lowest BCUT2D eigenvalue weighted by Crippen LogP contribution is -2.31. The van der Waals surface area contributed by atoms with Gasteiger partial charge in [0.1, 0.15) is 5.75 Å². The molecule has 3 nitrogen and oxygen atoms in total. The number of hydrogen-bond donors (Lipinski definition) is 1. The molecule has 0 bridgehead atoms. The Hall–Kier alpha value is -3.59. The lowest BCUT2D eigenvalue weighted by molar-refractivity contribution is -0.123. The van der Waals surface area contributed by atoms with Crippen molar-refractivity contribution in [3.05, 3.63) is 103 Å². The van der Waals surface area contributed by atoms with Gasteiger partial charge in [0.25, 0.3) is 5.91 Å². The Bertz CT molecular complexity index is 1100. The van der Waals surface area contributed by atoms with E-state index in [0.717, 1.165) is 21.9 Å². The smallest absolute Gasteiger partial charge is 0.258 e. The zero-order chi connectivity index (χ0) is 20.1. The highest BCUT2D eigenvalue weighted by atomic mass is 16.5. The average molecular weight is 381 g/mol. The summed E-state index contributed by atoms with van der Waals surface area (Å²) in [5.74, 6) is 0.552. The molecular formula is C26H23NO2. The van der Waals surface area contributed by atoms with E-state index in [4.69, 9.17) is 4.74 Å². The van der Waals surface area contributed by atoms with Crippen LogP contribution in [0.25, 0.3) is 21.9 Å². The van der Waals surface area contributed by atoms with Gasteiger partial charge in [0.2, 0.25) is 0 Å². The first-order valence-electron chi connectivity index (χ1n) is 9.75. The fourth-order valence-electron chi connectivity index (χ4n) is 3.37. The largest absolute Gasteiger partial charge is 0.484 e. The van der Waals surface area contributed by atoms with Crippen LogP contribution in [0.3, 0.4) is 0 Å². The lowest BCUT2D eigenvalue weighted by Gasteiger charge is -2.15. The van der Waals surface area contributed by atoms with Crippen LogP contribution in [0.1, 0.15) is 18.5 Å². The second-order valence-corrected chi connectivity index (χ2v) is 7.07. The molecule has 1 atom stereocenters. The number of amides is 1. The van der Waals surface area contributed by atoms with Gasteiger partial charge in [-0.05, 0) is 46.5 Å². The van der Waals surface area contributed by atoms with Crippen molar-refractivity contribution in [3.63, 3.8) is 0 Å². The minimum absolute atomic E-state index is 0.00915. The molecule has 1 N–H and O–H groups in total.